The highest BCUT2D eigenvalue weighted by Gasteiger charge is 2.32. The van der Waals surface area contributed by atoms with Gasteiger partial charge in [-0.1, -0.05) is 36.4 Å². The highest BCUT2D eigenvalue weighted by atomic mass is 32.1. The van der Waals surface area contributed by atoms with Gasteiger partial charge in [-0.15, -0.1) is 11.3 Å². The number of hydrogen-bond donors (Lipinski definition) is 0. The first-order valence-electron chi connectivity index (χ1n) is 8.78. The zero-order valence-electron chi connectivity index (χ0n) is 14.6. The van der Waals surface area contributed by atoms with Crippen molar-refractivity contribution in [3.05, 3.63) is 70.7 Å². The molecule has 0 bridgehead atoms. The van der Waals surface area contributed by atoms with Crippen LogP contribution < -0.4 is 0 Å². The number of aromatic nitrogens is 1. The number of hydrogen-bond acceptors (Lipinski definition) is 5. The summed E-state index contributed by atoms with van der Waals surface area (Å²) in [5.74, 6) is 2.03. The number of carbonyl (C=O) groups excluding carboxylic acids is 2. The molecule has 5 nitrogen and oxygen atoms in total. The van der Waals surface area contributed by atoms with Crippen molar-refractivity contribution in [2.75, 3.05) is 6.54 Å². The van der Waals surface area contributed by atoms with Crippen molar-refractivity contribution < 1.29 is 14.3 Å². The van der Waals surface area contributed by atoms with Crippen molar-refractivity contribution in [1.82, 2.24) is 9.88 Å². The second-order valence-corrected chi connectivity index (χ2v) is 7.37. The number of fused-ring (bicyclic) bond motifs is 1. The first-order chi connectivity index (χ1) is 13.2. The van der Waals surface area contributed by atoms with E-state index in [0.717, 1.165) is 21.3 Å². The number of carbonyl (C=O) groups is 1. The number of ether oxygens (including phenoxy) is 1. The lowest BCUT2D eigenvalue weighted by atomic mass is 9.92. The van der Waals surface area contributed by atoms with Gasteiger partial charge in [0.1, 0.15) is 12.5 Å². The van der Waals surface area contributed by atoms with Crippen LogP contribution >= 0.6 is 11.3 Å². The maximum Gasteiger partial charge on any atom is 0.410 e. The van der Waals surface area contributed by atoms with Crippen LogP contribution in [0.25, 0.3) is 10.2 Å². The van der Waals surface area contributed by atoms with Gasteiger partial charge in [-0.05, 0) is 29.7 Å². The molecular formula is C21H18N2O3S. The van der Waals surface area contributed by atoms with E-state index < -0.39 is 0 Å². The Balaban J connectivity index is 1.56. The predicted octanol–water partition coefficient (Wildman–Crippen LogP) is 4.53. The van der Waals surface area contributed by atoms with Crippen LogP contribution in [0.4, 0.5) is 4.79 Å². The van der Waals surface area contributed by atoms with Crippen molar-refractivity contribution in [2.45, 2.75) is 25.5 Å². The molecule has 2 aromatic carbocycles. The minimum atomic E-state index is -0.368. The maximum atomic E-state index is 12.7. The standard InChI is InChI=1S/C21H18N2O3S/c24-12-16-8-9-23(21(25)26-13-15-4-2-1-3-5-15)19(10-16)17-6-7-20-18(11-17)22-14-27-20/h1-7,11,14,19H,8-10,13H2. The van der Waals surface area contributed by atoms with Gasteiger partial charge in [0.05, 0.1) is 21.8 Å². The average Bonchev–Trinajstić information content (AvgIpc) is 3.20. The van der Waals surface area contributed by atoms with Gasteiger partial charge in [-0.25, -0.2) is 14.6 Å². The number of rotatable bonds is 3. The quantitative estimate of drug-likeness (QED) is 0.629. The number of amides is 1. The molecular weight excluding hydrogens is 360 g/mol. The van der Waals surface area contributed by atoms with Gasteiger partial charge in [-0.2, -0.15) is 0 Å². The van der Waals surface area contributed by atoms with E-state index in [4.69, 9.17) is 4.74 Å². The van der Waals surface area contributed by atoms with Gasteiger partial charge in [0.25, 0.3) is 0 Å². The van der Waals surface area contributed by atoms with Crippen LogP contribution in [0.15, 0.2) is 59.6 Å². The summed E-state index contributed by atoms with van der Waals surface area (Å²) in [7, 11) is 0. The topological polar surface area (TPSA) is 59.5 Å². The number of nitrogens with zero attached hydrogens (tertiary/aromatic N) is 2. The van der Waals surface area contributed by atoms with E-state index in [0.29, 0.717) is 25.0 Å². The lowest BCUT2D eigenvalue weighted by Crippen LogP contribution is -2.39. The van der Waals surface area contributed by atoms with Gasteiger partial charge in [0, 0.05) is 18.5 Å². The normalized spacial score (nSPS) is 17.0. The smallest absolute Gasteiger partial charge is 0.410 e. The lowest BCUT2D eigenvalue weighted by Gasteiger charge is -2.35. The molecule has 1 amide bonds. The van der Waals surface area contributed by atoms with E-state index in [1.54, 1.807) is 21.7 Å². The number of piperidine rings is 1. The molecule has 4 rings (SSSR count). The Bertz CT molecular complexity index is 1010. The molecule has 0 saturated carbocycles. The monoisotopic (exact) mass is 378 g/mol. The van der Waals surface area contributed by atoms with E-state index in [2.05, 4.69) is 4.98 Å². The molecule has 6 heteroatoms. The predicted molar refractivity (Wildman–Crippen MR) is 104 cm³/mol. The van der Waals surface area contributed by atoms with Gasteiger partial charge >= 0.3 is 6.09 Å². The molecule has 27 heavy (non-hydrogen) atoms. The number of benzene rings is 2. The Morgan fingerprint density at radius 3 is 2.93 bits per heavy atom. The molecule has 3 aromatic rings. The Morgan fingerprint density at radius 1 is 1.26 bits per heavy atom. The van der Waals surface area contributed by atoms with E-state index in [-0.39, 0.29) is 18.7 Å². The SMILES string of the molecule is O=C=C1CCN(C(=O)OCc2ccccc2)C(c2ccc3scnc3c2)C1. The van der Waals surface area contributed by atoms with E-state index >= 15 is 0 Å². The Hall–Kier alpha value is -2.95. The van der Waals surface area contributed by atoms with Crippen LogP contribution in [0.1, 0.15) is 30.0 Å². The summed E-state index contributed by atoms with van der Waals surface area (Å²) in [6.45, 7) is 0.669. The molecule has 0 aliphatic carbocycles. The van der Waals surface area contributed by atoms with Gasteiger partial charge in [0.15, 0.2) is 0 Å². The summed E-state index contributed by atoms with van der Waals surface area (Å²) in [6.07, 6.45) is 0.631. The second kappa shape index (κ2) is 7.74. The highest BCUT2D eigenvalue weighted by Crippen LogP contribution is 2.35. The molecule has 1 atom stereocenters. The fourth-order valence-electron chi connectivity index (χ4n) is 3.35. The molecule has 1 unspecified atom stereocenters. The van der Waals surface area contributed by atoms with E-state index in [1.807, 2.05) is 54.5 Å². The van der Waals surface area contributed by atoms with E-state index in [9.17, 15) is 9.59 Å². The summed E-state index contributed by atoms with van der Waals surface area (Å²) < 4.78 is 6.62. The second-order valence-electron chi connectivity index (χ2n) is 6.49. The molecule has 0 N–H and O–H groups in total. The summed E-state index contributed by atoms with van der Waals surface area (Å²) in [4.78, 5) is 30.0. The number of thiazole rings is 1. The average molecular weight is 378 g/mol. The van der Waals surface area contributed by atoms with Gasteiger partial charge in [-0.3, -0.25) is 0 Å². The van der Waals surface area contributed by atoms with Crippen molar-refractivity contribution in [3.8, 4) is 0 Å². The summed E-state index contributed by atoms with van der Waals surface area (Å²) in [5, 5.41) is 0. The van der Waals surface area contributed by atoms with Crippen molar-refractivity contribution in [1.29, 1.82) is 0 Å². The first kappa shape index (κ1) is 17.5. The molecule has 0 spiro atoms. The molecule has 1 aliphatic rings. The third-order valence-electron chi connectivity index (χ3n) is 4.79. The van der Waals surface area contributed by atoms with Crippen LogP contribution in [0.2, 0.25) is 0 Å². The van der Waals surface area contributed by atoms with Gasteiger partial charge < -0.3 is 9.64 Å². The van der Waals surface area contributed by atoms with E-state index in [1.165, 1.54) is 0 Å². The van der Waals surface area contributed by atoms with Crippen LogP contribution in [-0.4, -0.2) is 28.5 Å². The highest BCUT2D eigenvalue weighted by molar-refractivity contribution is 7.16. The third-order valence-corrected chi connectivity index (χ3v) is 5.60. The van der Waals surface area contributed by atoms with Gasteiger partial charge in [0.2, 0.25) is 0 Å². The van der Waals surface area contributed by atoms with Crippen LogP contribution in [0.5, 0.6) is 0 Å². The molecule has 2 heterocycles. The molecule has 1 aliphatic heterocycles. The summed E-state index contributed by atoms with van der Waals surface area (Å²) in [6, 6.07) is 15.3. The Morgan fingerprint density at radius 2 is 2.11 bits per heavy atom. The van der Waals surface area contributed by atoms with Crippen molar-refractivity contribution >= 4 is 33.6 Å². The lowest BCUT2D eigenvalue weighted by molar-refractivity contribution is 0.0748. The third kappa shape index (κ3) is 3.77. The zero-order chi connectivity index (χ0) is 18.6. The summed E-state index contributed by atoms with van der Waals surface area (Å²) in [5.41, 5.74) is 5.30. The zero-order valence-corrected chi connectivity index (χ0v) is 15.4. The maximum absolute atomic E-state index is 12.7. The summed E-state index contributed by atoms with van der Waals surface area (Å²) >= 11 is 1.58. The fourth-order valence-corrected chi connectivity index (χ4v) is 4.01. The molecule has 1 fully saturated rings. The number of likely N-dealkylation sites (tertiary alicyclic amines) is 1. The van der Waals surface area contributed by atoms with Crippen LogP contribution in [-0.2, 0) is 16.1 Å². The molecule has 136 valence electrons. The largest absolute Gasteiger partial charge is 0.445 e. The minimum absolute atomic E-state index is 0.227. The molecule has 1 saturated heterocycles. The van der Waals surface area contributed by atoms with Crippen molar-refractivity contribution in [3.63, 3.8) is 0 Å². The molecule has 1 aromatic heterocycles. The Kier molecular flexibility index (Phi) is 5.01. The van der Waals surface area contributed by atoms with Crippen molar-refractivity contribution in [2.24, 2.45) is 0 Å². The molecule has 0 radical (unpaired) electrons. The first-order valence-corrected chi connectivity index (χ1v) is 9.66. The van der Waals surface area contributed by atoms with Crippen LogP contribution in [0, 0.1) is 0 Å². The van der Waals surface area contributed by atoms with Crippen LogP contribution in [0.3, 0.4) is 0 Å². The fraction of sp³-hybridized carbons (Fsp3) is 0.238. The Labute approximate surface area is 160 Å². The minimum Gasteiger partial charge on any atom is -0.445 e.